The molecule has 2 aromatic rings. The number of thiocarbonyl (C=S) groups is 1. The summed E-state index contributed by atoms with van der Waals surface area (Å²) in [7, 11) is 0. The van der Waals surface area contributed by atoms with Gasteiger partial charge < -0.3 is 5.32 Å². The van der Waals surface area contributed by atoms with E-state index in [0.29, 0.717) is 10.7 Å². The minimum absolute atomic E-state index is 0.169. The summed E-state index contributed by atoms with van der Waals surface area (Å²) in [6.07, 6.45) is -2.93. The van der Waals surface area contributed by atoms with Crippen LogP contribution in [0.5, 0.6) is 0 Å². The topological polar surface area (TPSA) is 54.8 Å². The molecule has 124 valence electrons. The molecule has 0 bridgehead atoms. The molecule has 0 aliphatic rings. The first-order chi connectivity index (χ1) is 10.7. The van der Waals surface area contributed by atoms with E-state index in [1.165, 1.54) is 17.1 Å². The minimum Gasteiger partial charge on any atom is -0.360 e. The molecule has 1 heterocycles. The van der Waals surface area contributed by atoms with E-state index in [2.05, 4.69) is 20.7 Å². The third-order valence-corrected chi connectivity index (χ3v) is 3.00. The Labute approximate surface area is 136 Å². The van der Waals surface area contributed by atoms with Gasteiger partial charge in [0.2, 0.25) is 5.95 Å². The Kier molecular flexibility index (Phi) is 5.19. The summed E-state index contributed by atoms with van der Waals surface area (Å²) in [4.78, 5) is 4.02. The van der Waals surface area contributed by atoms with E-state index in [1.54, 1.807) is 6.07 Å². The van der Waals surface area contributed by atoms with E-state index in [9.17, 15) is 13.2 Å². The van der Waals surface area contributed by atoms with E-state index >= 15 is 0 Å². The Hall–Kier alpha value is -2.16. The molecule has 0 radical (unpaired) electrons. The van der Waals surface area contributed by atoms with E-state index in [4.69, 9.17) is 12.2 Å². The van der Waals surface area contributed by atoms with Crippen LogP contribution in [0.1, 0.15) is 25.0 Å². The van der Waals surface area contributed by atoms with Gasteiger partial charge in [0, 0.05) is 6.04 Å². The molecule has 23 heavy (non-hydrogen) atoms. The van der Waals surface area contributed by atoms with Gasteiger partial charge in [0.25, 0.3) is 0 Å². The van der Waals surface area contributed by atoms with Crippen molar-refractivity contribution < 1.29 is 13.2 Å². The van der Waals surface area contributed by atoms with Crippen molar-refractivity contribution in [2.45, 2.75) is 32.6 Å². The summed E-state index contributed by atoms with van der Waals surface area (Å²) in [5.41, 5.74) is -0.199. The number of anilines is 1. The second kappa shape index (κ2) is 6.95. The quantitative estimate of drug-likeness (QED) is 0.836. The molecule has 0 saturated carbocycles. The number of halogens is 3. The molecular weight excluding hydrogens is 327 g/mol. The van der Waals surface area contributed by atoms with E-state index in [1.807, 2.05) is 13.8 Å². The number of hydrogen-bond donors (Lipinski definition) is 2. The van der Waals surface area contributed by atoms with Gasteiger partial charge in [0.15, 0.2) is 5.11 Å². The van der Waals surface area contributed by atoms with E-state index in [-0.39, 0.29) is 18.5 Å². The molecule has 9 heteroatoms. The molecule has 0 spiro atoms. The first-order valence-electron chi connectivity index (χ1n) is 6.87. The molecular formula is C14H16F3N5S. The van der Waals surface area contributed by atoms with Crippen LogP contribution in [0.2, 0.25) is 0 Å². The zero-order chi connectivity index (χ0) is 17.0. The van der Waals surface area contributed by atoms with Crippen molar-refractivity contribution in [1.29, 1.82) is 0 Å². The fourth-order valence-electron chi connectivity index (χ4n) is 1.86. The molecule has 2 rings (SSSR count). The predicted molar refractivity (Wildman–Crippen MR) is 85.1 cm³/mol. The van der Waals surface area contributed by atoms with Crippen molar-refractivity contribution in [1.82, 2.24) is 20.1 Å². The molecule has 5 nitrogen and oxygen atoms in total. The predicted octanol–water partition coefficient (Wildman–Crippen LogP) is 3.04. The highest BCUT2D eigenvalue weighted by Crippen LogP contribution is 2.29. The summed E-state index contributed by atoms with van der Waals surface area (Å²) < 4.78 is 39.5. The van der Waals surface area contributed by atoms with Gasteiger partial charge in [-0.2, -0.15) is 13.2 Å². The lowest BCUT2D eigenvalue weighted by Gasteiger charge is -2.10. The van der Waals surface area contributed by atoms with Gasteiger partial charge in [-0.3, -0.25) is 5.32 Å². The lowest BCUT2D eigenvalue weighted by molar-refractivity contribution is -0.137. The van der Waals surface area contributed by atoms with Crippen LogP contribution < -0.4 is 10.6 Å². The first kappa shape index (κ1) is 17.2. The Morgan fingerprint density at radius 1 is 1.35 bits per heavy atom. The molecule has 1 aromatic carbocycles. The first-order valence-corrected chi connectivity index (χ1v) is 7.28. The Morgan fingerprint density at radius 3 is 2.74 bits per heavy atom. The lowest BCUT2D eigenvalue weighted by Crippen LogP contribution is -2.34. The lowest BCUT2D eigenvalue weighted by atomic mass is 10.1. The van der Waals surface area contributed by atoms with Crippen LogP contribution in [0.25, 0.3) is 0 Å². The van der Waals surface area contributed by atoms with Gasteiger partial charge in [0.05, 0.1) is 12.1 Å². The normalized spacial score (nSPS) is 11.6. The molecule has 0 aliphatic heterocycles. The summed E-state index contributed by atoms with van der Waals surface area (Å²) in [6, 6.07) is 5.28. The molecule has 0 atom stereocenters. The van der Waals surface area contributed by atoms with Gasteiger partial charge in [-0.05, 0) is 43.8 Å². The molecule has 1 aromatic heterocycles. The Morgan fingerprint density at radius 2 is 2.09 bits per heavy atom. The second-order valence-electron chi connectivity index (χ2n) is 5.22. The highest BCUT2D eigenvalue weighted by molar-refractivity contribution is 7.80. The standard InChI is InChI=1S/C14H16F3N5S/c1-9(2)19-13(23)20-12-18-8-22(21-12)7-10-4-3-5-11(6-10)14(15,16)17/h3-6,8-9H,7H2,1-2H3,(H2,19,20,21,23). The summed E-state index contributed by atoms with van der Waals surface area (Å²) in [5.74, 6) is 0.287. The molecule has 2 N–H and O–H groups in total. The largest absolute Gasteiger partial charge is 0.416 e. The maximum absolute atomic E-state index is 12.7. The third-order valence-electron chi connectivity index (χ3n) is 2.78. The number of aromatic nitrogens is 3. The van der Waals surface area contributed by atoms with Crippen LogP contribution in [-0.4, -0.2) is 25.9 Å². The van der Waals surface area contributed by atoms with Crippen molar-refractivity contribution in [3.05, 3.63) is 41.7 Å². The van der Waals surface area contributed by atoms with Gasteiger partial charge in [-0.15, -0.1) is 5.10 Å². The van der Waals surface area contributed by atoms with Crippen LogP contribution >= 0.6 is 12.2 Å². The number of rotatable bonds is 4. The highest BCUT2D eigenvalue weighted by atomic mass is 32.1. The maximum atomic E-state index is 12.7. The highest BCUT2D eigenvalue weighted by Gasteiger charge is 2.30. The SMILES string of the molecule is CC(C)NC(=S)Nc1ncn(Cc2cccc(C(F)(F)F)c2)n1. The van der Waals surface area contributed by atoms with E-state index in [0.717, 1.165) is 12.1 Å². The van der Waals surface area contributed by atoms with Crippen molar-refractivity contribution in [3.63, 3.8) is 0 Å². The van der Waals surface area contributed by atoms with Gasteiger partial charge in [-0.1, -0.05) is 12.1 Å². The average molecular weight is 343 g/mol. The Bertz CT molecular complexity index is 681. The van der Waals surface area contributed by atoms with Gasteiger partial charge in [0.1, 0.15) is 6.33 Å². The maximum Gasteiger partial charge on any atom is 0.416 e. The Balaban J connectivity index is 2.03. The molecule has 0 fully saturated rings. The van der Waals surface area contributed by atoms with Crippen molar-refractivity contribution in [3.8, 4) is 0 Å². The smallest absolute Gasteiger partial charge is 0.360 e. The van der Waals surface area contributed by atoms with Crippen LogP contribution in [0.3, 0.4) is 0 Å². The van der Waals surface area contributed by atoms with Gasteiger partial charge in [-0.25, -0.2) is 9.67 Å². The molecule has 0 saturated heterocycles. The fraction of sp³-hybridized carbons (Fsp3) is 0.357. The van der Waals surface area contributed by atoms with Crippen LogP contribution in [0.15, 0.2) is 30.6 Å². The molecule has 0 amide bonds. The van der Waals surface area contributed by atoms with Crippen LogP contribution in [-0.2, 0) is 12.7 Å². The second-order valence-corrected chi connectivity index (χ2v) is 5.63. The van der Waals surface area contributed by atoms with Crippen LogP contribution in [0.4, 0.5) is 19.1 Å². The zero-order valence-corrected chi connectivity index (χ0v) is 13.4. The number of hydrogen-bond acceptors (Lipinski definition) is 3. The zero-order valence-electron chi connectivity index (χ0n) is 12.6. The van der Waals surface area contributed by atoms with Crippen molar-refractivity contribution in [2.24, 2.45) is 0 Å². The summed E-state index contributed by atoms with van der Waals surface area (Å²) >= 11 is 5.07. The van der Waals surface area contributed by atoms with E-state index < -0.39 is 11.7 Å². The number of nitrogens with zero attached hydrogens (tertiary/aromatic N) is 3. The van der Waals surface area contributed by atoms with Crippen molar-refractivity contribution in [2.75, 3.05) is 5.32 Å². The number of benzene rings is 1. The minimum atomic E-state index is -4.36. The average Bonchev–Trinajstić information content (AvgIpc) is 2.84. The summed E-state index contributed by atoms with van der Waals surface area (Å²) in [5, 5.41) is 10.3. The van der Waals surface area contributed by atoms with Gasteiger partial charge >= 0.3 is 6.18 Å². The third kappa shape index (κ3) is 5.20. The number of nitrogens with one attached hydrogen (secondary N) is 2. The monoisotopic (exact) mass is 343 g/mol. The molecule has 0 aliphatic carbocycles. The molecule has 0 unspecified atom stereocenters. The fourth-order valence-corrected chi connectivity index (χ4v) is 2.19. The summed E-state index contributed by atoms with van der Waals surface area (Å²) in [6.45, 7) is 4.06. The number of alkyl halides is 3. The van der Waals surface area contributed by atoms with Crippen LogP contribution in [0, 0.1) is 0 Å². The van der Waals surface area contributed by atoms with Crippen molar-refractivity contribution >= 4 is 23.3 Å².